The summed E-state index contributed by atoms with van der Waals surface area (Å²) in [5.74, 6) is -2.39. The molecule has 2 amide bonds. The number of halogens is 6. The number of rotatable bonds is 7. The maximum Gasteiger partial charge on any atom is 0.403 e. The standard InChI is InChI=1S/C24H29F6N3O2/c25-17-10-16(19(26)27)11-18(12-17)32-20(34)15-2-6-22(7-3-15)13-33(14-22)9-8-31-21(35)23(4-1-5-23)24(28,29)30/h10-12,15,19H,1-9,13-14H2,(H,31,35)(H,32,34). The van der Waals surface area contributed by atoms with Gasteiger partial charge in [-0.15, -0.1) is 0 Å². The third kappa shape index (κ3) is 5.29. The van der Waals surface area contributed by atoms with Crippen molar-refractivity contribution >= 4 is 17.5 Å². The fourth-order valence-corrected chi connectivity index (χ4v) is 5.59. The summed E-state index contributed by atoms with van der Waals surface area (Å²) in [5.41, 5.74) is -2.66. The number of carbonyl (C=O) groups excluding carboxylic acids is 2. The van der Waals surface area contributed by atoms with Gasteiger partial charge in [-0.3, -0.25) is 9.59 Å². The van der Waals surface area contributed by atoms with E-state index in [1.54, 1.807) is 0 Å². The van der Waals surface area contributed by atoms with Gasteiger partial charge in [-0.05, 0) is 62.1 Å². The van der Waals surface area contributed by atoms with Crippen LogP contribution in [0.25, 0.3) is 0 Å². The molecule has 2 N–H and O–H groups in total. The largest absolute Gasteiger partial charge is 0.403 e. The average molecular weight is 506 g/mol. The van der Waals surface area contributed by atoms with Crippen molar-refractivity contribution in [2.45, 2.75) is 57.5 Å². The van der Waals surface area contributed by atoms with Crippen LogP contribution in [-0.4, -0.2) is 49.1 Å². The van der Waals surface area contributed by atoms with E-state index in [1.807, 2.05) is 0 Å². The van der Waals surface area contributed by atoms with Crippen LogP contribution in [0.3, 0.4) is 0 Å². The summed E-state index contributed by atoms with van der Waals surface area (Å²) in [6.45, 7) is 2.13. The molecule has 35 heavy (non-hydrogen) atoms. The molecule has 11 heteroatoms. The number of benzene rings is 1. The Bertz CT molecular complexity index is 947. The predicted octanol–water partition coefficient (Wildman–Crippen LogP) is 5.04. The van der Waals surface area contributed by atoms with Gasteiger partial charge < -0.3 is 15.5 Å². The van der Waals surface area contributed by atoms with Crippen LogP contribution in [0.5, 0.6) is 0 Å². The van der Waals surface area contributed by atoms with Gasteiger partial charge in [-0.1, -0.05) is 6.42 Å². The zero-order valence-corrected chi connectivity index (χ0v) is 19.2. The van der Waals surface area contributed by atoms with Gasteiger partial charge in [0.05, 0.1) is 0 Å². The second kappa shape index (κ2) is 9.63. The lowest BCUT2D eigenvalue weighted by molar-refractivity contribution is -0.243. The Hall–Kier alpha value is -2.30. The van der Waals surface area contributed by atoms with Crippen LogP contribution in [0, 0.1) is 22.6 Å². The summed E-state index contributed by atoms with van der Waals surface area (Å²) in [7, 11) is 0. The highest BCUT2D eigenvalue weighted by atomic mass is 19.4. The van der Waals surface area contributed by atoms with Gasteiger partial charge in [-0.2, -0.15) is 13.2 Å². The number of alkyl halides is 5. The fourth-order valence-electron chi connectivity index (χ4n) is 5.59. The van der Waals surface area contributed by atoms with Crippen LogP contribution in [-0.2, 0) is 9.59 Å². The molecule has 0 unspecified atom stereocenters. The van der Waals surface area contributed by atoms with Gasteiger partial charge in [0, 0.05) is 43.3 Å². The van der Waals surface area contributed by atoms with E-state index in [2.05, 4.69) is 15.5 Å². The SMILES string of the molecule is O=C(Nc1cc(F)cc(C(F)F)c1)C1CCC2(CC1)CN(CCNC(=O)C1(C(F)(F)F)CCC1)C2. The van der Waals surface area contributed by atoms with Gasteiger partial charge in [0.15, 0.2) is 0 Å². The predicted molar refractivity (Wildman–Crippen MR) is 116 cm³/mol. The number of nitrogens with one attached hydrogen (secondary N) is 2. The second-order valence-corrected chi connectivity index (χ2v) is 10.2. The molecule has 0 radical (unpaired) electrons. The van der Waals surface area contributed by atoms with E-state index in [0.717, 1.165) is 44.1 Å². The summed E-state index contributed by atoms with van der Waals surface area (Å²) in [6, 6.07) is 2.82. The molecule has 1 aromatic rings. The lowest BCUT2D eigenvalue weighted by Gasteiger charge is -2.53. The molecule has 2 saturated carbocycles. The van der Waals surface area contributed by atoms with Crippen LogP contribution in [0.2, 0.25) is 0 Å². The number of anilines is 1. The van der Waals surface area contributed by atoms with Crippen LogP contribution >= 0.6 is 0 Å². The first-order valence-electron chi connectivity index (χ1n) is 11.9. The molecule has 0 aromatic heterocycles. The van der Waals surface area contributed by atoms with Crippen molar-refractivity contribution in [2.75, 3.05) is 31.5 Å². The Morgan fingerprint density at radius 3 is 2.26 bits per heavy atom. The Kier molecular flexibility index (Phi) is 7.09. The van der Waals surface area contributed by atoms with Crippen LogP contribution in [0.4, 0.5) is 32.0 Å². The van der Waals surface area contributed by atoms with E-state index < -0.39 is 35.3 Å². The van der Waals surface area contributed by atoms with Crippen molar-refractivity contribution in [3.8, 4) is 0 Å². The summed E-state index contributed by atoms with van der Waals surface area (Å²) < 4.78 is 79.0. The third-order valence-electron chi connectivity index (χ3n) is 7.87. The Morgan fingerprint density at radius 2 is 1.71 bits per heavy atom. The van der Waals surface area contributed by atoms with Crippen LogP contribution in [0.15, 0.2) is 18.2 Å². The third-order valence-corrected chi connectivity index (χ3v) is 7.87. The average Bonchev–Trinajstić information content (AvgIpc) is 2.70. The molecule has 1 heterocycles. The maximum atomic E-state index is 13.6. The molecular formula is C24H29F6N3O2. The Morgan fingerprint density at radius 1 is 1.06 bits per heavy atom. The molecule has 3 aliphatic rings. The molecule has 0 bridgehead atoms. The Balaban J connectivity index is 1.18. The van der Waals surface area contributed by atoms with Crippen molar-refractivity contribution in [3.05, 3.63) is 29.6 Å². The van der Waals surface area contributed by atoms with Gasteiger partial charge >= 0.3 is 6.18 Å². The highest BCUT2D eigenvalue weighted by Gasteiger charge is 2.63. The number of amides is 2. The molecule has 4 rings (SSSR count). The number of hydrogen-bond donors (Lipinski definition) is 2. The lowest BCUT2D eigenvalue weighted by atomic mass is 9.65. The van der Waals surface area contributed by atoms with E-state index in [9.17, 15) is 35.9 Å². The zero-order valence-electron chi connectivity index (χ0n) is 19.2. The first-order chi connectivity index (χ1) is 16.4. The van der Waals surface area contributed by atoms with Crippen molar-refractivity contribution in [1.82, 2.24) is 10.2 Å². The molecular weight excluding hydrogens is 476 g/mol. The summed E-state index contributed by atoms with van der Waals surface area (Å²) in [4.78, 5) is 26.8. The van der Waals surface area contributed by atoms with E-state index in [-0.39, 0.29) is 42.3 Å². The van der Waals surface area contributed by atoms with Crippen molar-refractivity contribution in [2.24, 2.45) is 16.7 Å². The minimum Gasteiger partial charge on any atom is -0.354 e. The highest BCUT2D eigenvalue weighted by Crippen LogP contribution is 2.53. The Labute approximate surface area is 199 Å². The van der Waals surface area contributed by atoms with Crippen molar-refractivity contribution in [1.29, 1.82) is 0 Å². The second-order valence-electron chi connectivity index (χ2n) is 10.2. The molecule has 1 spiro atoms. The first kappa shape index (κ1) is 25.8. The minimum atomic E-state index is -4.53. The smallest absolute Gasteiger partial charge is 0.354 e. The number of carbonyl (C=O) groups is 2. The van der Waals surface area contributed by atoms with E-state index >= 15 is 0 Å². The summed E-state index contributed by atoms with van der Waals surface area (Å²) >= 11 is 0. The van der Waals surface area contributed by atoms with E-state index in [4.69, 9.17) is 0 Å². The number of likely N-dealkylation sites (tertiary alicyclic amines) is 1. The molecule has 0 atom stereocenters. The minimum absolute atomic E-state index is 0.0108. The summed E-state index contributed by atoms with van der Waals surface area (Å²) in [5, 5.41) is 5.00. The van der Waals surface area contributed by atoms with Crippen molar-refractivity contribution in [3.63, 3.8) is 0 Å². The quantitative estimate of drug-likeness (QED) is 0.511. The summed E-state index contributed by atoms with van der Waals surface area (Å²) in [6.07, 6.45) is -4.47. The van der Waals surface area contributed by atoms with Crippen LogP contribution < -0.4 is 10.6 Å². The maximum absolute atomic E-state index is 13.6. The molecule has 3 fully saturated rings. The van der Waals surface area contributed by atoms with E-state index in [0.29, 0.717) is 25.8 Å². The molecule has 1 aromatic carbocycles. The van der Waals surface area contributed by atoms with E-state index in [1.165, 1.54) is 0 Å². The molecule has 194 valence electrons. The normalized spacial score (nSPS) is 21.9. The lowest BCUT2D eigenvalue weighted by Crippen LogP contribution is -2.60. The number of hydrogen-bond acceptors (Lipinski definition) is 3. The first-order valence-corrected chi connectivity index (χ1v) is 11.9. The van der Waals surface area contributed by atoms with Crippen molar-refractivity contribution < 1.29 is 35.9 Å². The topological polar surface area (TPSA) is 61.4 Å². The molecule has 1 saturated heterocycles. The van der Waals surface area contributed by atoms with Gasteiger partial charge in [0.25, 0.3) is 6.43 Å². The molecule has 1 aliphatic heterocycles. The molecule has 2 aliphatic carbocycles. The zero-order chi connectivity index (χ0) is 25.4. The van der Waals surface area contributed by atoms with Crippen LogP contribution in [0.1, 0.15) is 56.9 Å². The monoisotopic (exact) mass is 505 g/mol. The van der Waals surface area contributed by atoms with Gasteiger partial charge in [0.1, 0.15) is 11.2 Å². The fraction of sp³-hybridized carbons (Fsp3) is 0.667. The highest BCUT2D eigenvalue weighted by molar-refractivity contribution is 5.92. The molecule has 5 nitrogen and oxygen atoms in total. The number of nitrogens with zero attached hydrogens (tertiary/aromatic N) is 1. The van der Waals surface area contributed by atoms with Gasteiger partial charge in [0.2, 0.25) is 11.8 Å². The van der Waals surface area contributed by atoms with Gasteiger partial charge in [-0.25, -0.2) is 13.2 Å².